The number of H-pyrrole nitrogens is 2. The summed E-state index contributed by atoms with van der Waals surface area (Å²) in [6.45, 7) is 7.93. The predicted molar refractivity (Wildman–Crippen MR) is 242 cm³/mol. The van der Waals surface area contributed by atoms with Crippen LogP contribution in [0.3, 0.4) is 0 Å². The molecule has 2 aromatic heterocycles. The highest BCUT2D eigenvalue weighted by molar-refractivity contribution is 5.89. The van der Waals surface area contributed by atoms with Gasteiger partial charge in [-0.25, -0.2) is 19.6 Å². The molecule has 1 saturated heterocycles. The number of benzene rings is 4. The van der Waals surface area contributed by atoms with Crippen LogP contribution in [0.2, 0.25) is 0 Å². The molecule has 16 heteroatoms. The molecule has 5 N–H and O–H groups in total. The summed E-state index contributed by atoms with van der Waals surface area (Å²) in [5, 5.41) is 8.24. The zero-order valence-corrected chi connectivity index (χ0v) is 36.3. The van der Waals surface area contributed by atoms with Crippen LogP contribution in [0.25, 0.3) is 44.5 Å². The van der Waals surface area contributed by atoms with E-state index in [0.717, 1.165) is 6.42 Å². The third kappa shape index (κ3) is 8.27. The van der Waals surface area contributed by atoms with Crippen LogP contribution in [0.4, 0.5) is 18.4 Å². The summed E-state index contributed by atoms with van der Waals surface area (Å²) in [4.78, 5) is 69.3. The van der Waals surface area contributed by atoms with E-state index in [1.807, 2.05) is 58.0 Å². The van der Waals surface area contributed by atoms with E-state index in [9.17, 15) is 19.2 Å². The van der Waals surface area contributed by atoms with Gasteiger partial charge in [-0.3, -0.25) is 9.59 Å². The van der Waals surface area contributed by atoms with Crippen molar-refractivity contribution < 1.29 is 41.7 Å². The van der Waals surface area contributed by atoms with Gasteiger partial charge in [-0.05, 0) is 76.8 Å². The van der Waals surface area contributed by atoms with Gasteiger partial charge in [0.25, 0.3) is 11.8 Å². The van der Waals surface area contributed by atoms with Crippen molar-refractivity contribution in [3.8, 4) is 33.5 Å². The zero-order chi connectivity index (χ0) is 45.4. The van der Waals surface area contributed by atoms with Crippen molar-refractivity contribution in [2.24, 2.45) is 11.8 Å². The Balaban J connectivity index is 0.00000280. The highest BCUT2D eigenvalue weighted by Gasteiger charge is 2.45. The maximum absolute atomic E-state index is 16.6. The maximum Gasteiger partial charge on any atom is 0.407 e. The number of imidazole rings is 2. The highest BCUT2D eigenvalue weighted by Crippen LogP contribution is 2.53. The van der Waals surface area contributed by atoms with Crippen LogP contribution in [0.15, 0.2) is 91.1 Å². The number of likely N-dealkylation sites (tertiary alicyclic amines) is 1. The van der Waals surface area contributed by atoms with Gasteiger partial charge in [0.1, 0.15) is 23.7 Å². The number of rotatable bonds is 12. The Bertz CT molecular complexity index is 2750. The molecule has 0 unspecified atom stereocenters. The molecule has 8 rings (SSSR count). The fourth-order valence-corrected chi connectivity index (χ4v) is 8.68. The van der Waals surface area contributed by atoms with E-state index in [0.29, 0.717) is 74.7 Å². The Morgan fingerprint density at radius 3 is 2.11 bits per heavy atom. The summed E-state index contributed by atoms with van der Waals surface area (Å²) in [7, 11) is 2.48. The second-order valence-corrected chi connectivity index (χ2v) is 16.9. The van der Waals surface area contributed by atoms with E-state index in [4.69, 9.17) is 14.5 Å². The number of amides is 4. The van der Waals surface area contributed by atoms with E-state index in [1.54, 1.807) is 53.6 Å². The molecule has 1 fully saturated rings. The minimum atomic E-state index is -3.31. The largest absolute Gasteiger partial charge is 0.453 e. The number of carbonyl (C=O) groups is 4. The first-order valence-electron chi connectivity index (χ1n) is 21.3. The van der Waals surface area contributed by atoms with Crippen LogP contribution >= 0.6 is 0 Å². The first-order valence-corrected chi connectivity index (χ1v) is 21.3. The molecule has 0 bridgehead atoms. The number of halogens is 2. The zero-order valence-electron chi connectivity index (χ0n) is 36.3. The van der Waals surface area contributed by atoms with Crippen LogP contribution in [0.5, 0.6) is 0 Å². The smallest absolute Gasteiger partial charge is 0.407 e. The number of alkyl carbamates (subject to hydrolysis) is 2. The van der Waals surface area contributed by atoms with Crippen LogP contribution in [-0.2, 0) is 25.0 Å². The Morgan fingerprint density at radius 1 is 0.797 bits per heavy atom. The molecule has 64 heavy (non-hydrogen) atoms. The summed E-state index contributed by atoms with van der Waals surface area (Å²) in [5.74, 6) is -3.30. The van der Waals surface area contributed by atoms with Gasteiger partial charge < -0.3 is 40.3 Å². The molecule has 4 atom stereocenters. The van der Waals surface area contributed by atoms with Crippen molar-refractivity contribution in [1.29, 1.82) is 0 Å². The highest BCUT2D eigenvalue weighted by atomic mass is 19.3. The lowest BCUT2D eigenvalue weighted by Gasteiger charge is -2.28. The standard InChI is InChI=1S/C48H50F2N8O6.3H2/c1-25(2)39(55-44(59)40(26(3)4)56-46(61)63-5)43-51-24-37(54-43)30-15-18-32-31-17-14-28(21-33(31)48(49,50)34(32)22-30)29-16-19-35-36(23-29)53-42(52-35)38-13-10-20-58(38)45(60)41(57-47(62)64-6)27-11-8-7-9-12-27;;;/h7-9,11-12,14-19,21-26,38-41H,10,13,20H2,1-6H3,(H,51,54)(H,52,53)(H,55,59)(H,56,61)(H,57,62);3*1H/t38-,39-,40-,41+;;;/m0.../s1. The van der Waals surface area contributed by atoms with Gasteiger partial charge in [0.15, 0.2) is 0 Å². The van der Waals surface area contributed by atoms with Crippen molar-refractivity contribution in [2.75, 3.05) is 20.8 Å². The molecule has 4 aromatic carbocycles. The van der Waals surface area contributed by atoms with Gasteiger partial charge in [-0.1, -0.05) is 88.4 Å². The molecule has 2 aliphatic rings. The summed E-state index contributed by atoms with van der Waals surface area (Å²) in [6, 6.07) is 21.8. The summed E-state index contributed by atoms with van der Waals surface area (Å²) < 4.78 is 42.6. The number of nitrogens with one attached hydrogen (secondary N) is 5. The van der Waals surface area contributed by atoms with Crippen molar-refractivity contribution in [2.45, 2.75) is 70.6 Å². The minimum absolute atomic E-state index is 0. The van der Waals surface area contributed by atoms with Gasteiger partial charge in [0.05, 0.1) is 49.2 Å². The third-order valence-corrected chi connectivity index (χ3v) is 12.1. The number of methoxy groups -OCH3 is 2. The molecule has 4 amide bonds. The molecule has 3 heterocycles. The summed E-state index contributed by atoms with van der Waals surface area (Å²) in [5.41, 5.74) is 4.93. The van der Waals surface area contributed by atoms with E-state index < -0.39 is 42.1 Å². The molecule has 6 aromatic rings. The number of aromatic nitrogens is 4. The van der Waals surface area contributed by atoms with Crippen LogP contribution < -0.4 is 16.0 Å². The Labute approximate surface area is 373 Å². The summed E-state index contributed by atoms with van der Waals surface area (Å²) >= 11 is 0. The monoisotopic (exact) mass is 878 g/mol. The number of hydrogen-bond acceptors (Lipinski definition) is 8. The Hall–Kier alpha value is -7.10. The molecule has 14 nitrogen and oxygen atoms in total. The first-order chi connectivity index (χ1) is 30.7. The molecule has 0 spiro atoms. The minimum Gasteiger partial charge on any atom is -0.453 e. The Morgan fingerprint density at radius 2 is 1.44 bits per heavy atom. The van der Waals surface area contributed by atoms with Gasteiger partial charge in [0, 0.05) is 27.5 Å². The number of fused-ring (bicyclic) bond motifs is 4. The van der Waals surface area contributed by atoms with E-state index >= 15 is 8.78 Å². The second kappa shape index (κ2) is 17.6. The lowest BCUT2D eigenvalue weighted by Crippen LogP contribution is -2.51. The average Bonchev–Trinajstić information content (AvgIpc) is 4.11. The Kier molecular flexibility index (Phi) is 12.0. The van der Waals surface area contributed by atoms with E-state index in [1.165, 1.54) is 26.4 Å². The normalized spacial score (nSPS) is 16.5. The fraction of sp³-hybridized carbons (Fsp3) is 0.333. The van der Waals surface area contributed by atoms with Crippen molar-refractivity contribution in [3.63, 3.8) is 0 Å². The lowest BCUT2D eigenvalue weighted by atomic mass is 9.98. The van der Waals surface area contributed by atoms with Crippen molar-refractivity contribution >= 4 is 35.0 Å². The topological polar surface area (TPSA) is 183 Å². The third-order valence-electron chi connectivity index (χ3n) is 12.1. The van der Waals surface area contributed by atoms with Gasteiger partial charge >= 0.3 is 12.2 Å². The van der Waals surface area contributed by atoms with Crippen LogP contribution in [0, 0.1) is 11.8 Å². The molecular weight excluding hydrogens is 823 g/mol. The molecule has 0 saturated carbocycles. The number of ether oxygens (including phenoxy) is 2. The molecule has 0 radical (unpaired) electrons. The quantitative estimate of drug-likeness (QED) is 0.0805. The number of aromatic amines is 2. The second-order valence-electron chi connectivity index (χ2n) is 16.9. The molecule has 1 aliphatic carbocycles. The predicted octanol–water partition coefficient (Wildman–Crippen LogP) is 9.43. The average molecular weight is 879 g/mol. The summed E-state index contributed by atoms with van der Waals surface area (Å²) in [6.07, 6.45) is 1.53. The SMILES string of the molecule is COC(=O)N[C@H](C(=O)N[C@H](c1ncc(-c2ccc3c(c2)C(F)(F)c2cc(-c4ccc5nc([C@@H]6CCCN6C(=O)[C@H](NC(=O)OC)c6ccccc6)[nH]c5c4)ccc2-3)[nH]1)C(C)C)C(C)C.[HH].[HH].[HH]. The molecule has 1 aliphatic heterocycles. The fourth-order valence-electron chi connectivity index (χ4n) is 8.68. The van der Waals surface area contributed by atoms with Gasteiger partial charge in [0.2, 0.25) is 5.91 Å². The van der Waals surface area contributed by atoms with Crippen LogP contribution in [-0.4, -0.2) is 75.6 Å². The number of carbonyl (C=O) groups excluding carboxylic acids is 4. The first kappa shape index (κ1) is 43.5. The van der Waals surface area contributed by atoms with Crippen molar-refractivity contribution in [1.82, 2.24) is 40.8 Å². The van der Waals surface area contributed by atoms with E-state index in [2.05, 4.69) is 30.9 Å². The molecular formula is C48H56F2N8O6. The molecule has 338 valence electrons. The van der Waals surface area contributed by atoms with E-state index in [-0.39, 0.29) is 39.2 Å². The van der Waals surface area contributed by atoms with Gasteiger partial charge in [-0.15, -0.1) is 0 Å². The van der Waals surface area contributed by atoms with Crippen LogP contribution in [0.1, 0.15) is 91.3 Å². The number of alkyl halides is 2. The number of nitrogens with zero attached hydrogens (tertiary/aromatic N) is 3. The van der Waals surface area contributed by atoms with Gasteiger partial charge in [-0.2, -0.15) is 8.78 Å². The maximum atomic E-state index is 16.6. The van der Waals surface area contributed by atoms with Crippen molar-refractivity contribution in [3.05, 3.63) is 119 Å². The lowest BCUT2D eigenvalue weighted by molar-refractivity contribution is -0.134. The number of hydrogen-bond donors (Lipinski definition) is 5.